The summed E-state index contributed by atoms with van der Waals surface area (Å²) in [6.45, 7) is 7.14. The number of methoxy groups -OCH3 is 1. The van der Waals surface area contributed by atoms with Crippen molar-refractivity contribution in [1.29, 1.82) is 0 Å². The molecule has 0 saturated carbocycles. The van der Waals surface area contributed by atoms with Crippen molar-refractivity contribution in [2.24, 2.45) is 0 Å². The molecule has 0 heterocycles. The standard InChI is InChI=1S/C22H32O3/c1-4-9-21(23)14-11-19(2)10-7-5-6-8-17-25-18-20-12-15-22(24-3)16-13-20/h4-5,7,10,12-13,15-16,21,23H,1,6,8-9,11,14,17-18H2,2-3H3/b7-5+,19-10+/t21-/m0/s1. The Morgan fingerprint density at radius 2 is 2.04 bits per heavy atom. The monoisotopic (exact) mass is 344 g/mol. The molecule has 138 valence electrons. The number of hydrogen-bond donors (Lipinski definition) is 1. The molecule has 25 heavy (non-hydrogen) atoms. The zero-order chi connectivity index (χ0) is 18.3. The van der Waals surface area contributed by atoms with Crippen molar-refractivity contribution < 1.29 is 14.6 Å². The number of rotatable bonds is 13. The van der Waals surface area contributed by atoms with Gasteiger partial charge < -0.3 is 14.6 Å². The smallest absolute Gasteiger partial charge is 0.118 e. The van der Waals surface area contributed by atoms with Crippen molar-refractivity contribution in [2.45, 2.75) is 51.7 Å². The van der Waals surface area contributed by atoms with Gasteiger partial charge in [0.1, 0.15) is 5.75 Å². The van der Waals surface area contributed by atoms with Gasteiger partial charge in [-0.1, -0.05) is 42.0 Å². The minimum atomic E-state index is -0.271. The molecule has 1 N–H and O–H groups in total. The van der Waals surface area contributed by atoms with Crippen LogP contribution >= 0.6 is 0 Å². The number of hydrogen-bond acceptors (Lipinski definition) is 3. The Morgan fingerprint density at radius 3 is 2.72 bits per heavy atom. The van der Waals surface area contributed by atoms with Gasteiger partial charge in [-0.2, -0.15) is 0 Å². The van der Waals surface area contributed by atoms with E-state index in [-0.39, 0.29) is 6.10 Å². The molecule has 0 saturated heterocycles. The molecule has 0 aromatic heterocycles. The van der Waals surface area contributed by atoms with Gasteiger partial charge in [-0.05, 0) is 56.7 Å². The Balaban J connectivity index is 2.08. The summed E-state index contributed by atoms with van der Waals surface area (Å²) in [5.74, 6) is 0.868. The summed E-state index contributed by atoms with van der Waals surface area (Å²) >= 11 is 0. The largest absolute Gasteiger partial charge is 0.497 e. The average molecular weight is 344 g/mol. The van der Waals surface area contributed by atoms with Crippen LogP contribution in [0.3, 0.4) is 0 Å². The van der Waals surface area contributed by atoms with E-state index in [0.717, 1.165) is 43.6 Å². The lowest BCUT2D eigenvalue weighted by Crippen LogP contribution is -2.04. The number of benzene rings is 1. The van der Waals surface area contributed by atoms with Crippen LogP contribution in [-0.2, 0) is 11.3 Å². The quantitative estimate of drug-likeness (QED) is 0.303. The molecule has 0 aliphatic heterocycles. The average Bonchev–Trinajstić information content (AvgIpc) is 2.63. The van der Waals surface area contributed by atoms with Crippen molar-refractivity contribution in [1.82, 2.24) is 0 Å². The molecular formula is C22H32O3. The molecule has 0 unspecified atom stereocenters. The Morgan fingerprint density at radius 1 is 1.28 bits per heavy atom. The highest BCUT2D eigenvalue weighted by atomic mass is 16.5. The van der Waals surface area contributed by atoms with Gasteiger partial charge in [-0.3, -0.25) is 0 Å². The van der Waals surface area contributed by atoms with Gasteiger partial charge in [0.2, 0.25) is 0 Å². The van der Waals surface area contributed by atoms with Crippen LogP contribution in [0.4, 0.5) is 0 Å². The minimum Gasteiger partial charge on any atom is -0.497 e. The summed E-state index contributed by atoms with van der Waals surface area (Å²) in [6, 6.07) is 7.95. The van der Waals surface area contributed by atoms with Crippen LogP contribution < -0.4 is 4.74 Å². The van der Waals surface area contributed by atoms with E-state index in [9.17, 15) is 5.11 Å². The topological polar surface area (TPSA) is 38.7 Å². The van der Waals surface area contributed by atoms with Gasteiger partial charge in [0.15, 0.2) is 0 Å². The van der Waals surface area contributed by atoms with Crippen LogP contribution in [0.15, 0.2) is 60.7 Å². The summed E-state index contributed by atoms with van der Waals surface area (Å²) in [6.07, 6.45) is 12.3. The molecule has 0 amide bonds. The van der Waals surface area contributed by atoms with Crippen molar-refractivity contribution >= 4 is 0 Å². The molecule has 1 atom stereocenters. The van der Waals surface area contributed by atoms with E-state index in [2.05, 4.69) is 31.7 Å². The minimum absolute atomic E-state index is 0.271. The first kappa shape index (κ1) is 21.2. The molecule has 0 fully saturated rings. The first-order chi connectivity index (χ1) is 12.2. The first-order valence-corrected chi connectivity index (χ1v) is 8.97. The van der Waals surface area contributed by atoms with E-state index in [1.807, 2.05) is 24.3 Å². The lowest BCUT2D eigenvalue weighted by Gasteiger charge is -2.07. The molecule has 0 bridgehead atoms. The van der Waals surface area contributed by atoms with Gasteiger partial charge >= 0.3 is 0 Å². The van der Waals surface area contributed by atoms with E-state index >= 15 is 0 Å². The second-order valence-corrected chi connectivity index (χ2v) is 6.20. The lowest BCUT2D eigenvalue weighted by atomic mass is 10.1. The molecule has 3 heteroatoms. The maximum atomic E-state index is 9.66. The third kappa shape index (κ3) is 10.6. The van der Waals surface area contributed by atoms with Crippen LogP contribution in [0.5, 0.6) is 5.75 Å². The van der Waals surface area contributed by atoms with E-state index in [4.69, 9.17) is 9.47 Å². The first-order valence-electron chi connectivity index (χ1n) is 8.97. The molecule has 1 rings (SSSR count). The Labute approximate surface area is 152 Å². The number of allylic oxidation sites excluding steroid dienone is 4. The molecular weight excluding hydrogens is 312 g/mol. The Bertz CT molecular complexity index is 529. The highest BCUT2D eigenvalue weighted by Crippen LogP contribution is 2.12. The van der Waals surface area contributed by atoms with Crippen molar-refractivity contribution in [2.75, 3.05) is 13.7 Å². The molecule has 3 nitrogen and oxygen atoms in total. The SMILES string of the molecule is C=CC[C@H](O)CC/C(C)=C/C=C/CCCOCc1ccc(OC)cc1. The normalized spacial score (nSPS) is 13.2. The molecule has 0 aliphatic rings. The van der Waals surface area contributed by atoms with Gasteiger partial charge in [-0.25, -0.2) is 0 Å². The zero-order valence-corrected chi connectivity index (χ0v) is 15.6. The Kier molecular flexibility index (Phi) is 11.4. The van der Waals surface area contributed by atoms with Gasteiger partial charge in [0.05, 0.1) is 19.8 Å². The van der Waals surface area contributed by atoms with Crippen molar-refractivity contribution in [3.05, 3.63) is 66.3 Å². The molecule has 0 spiro atoms. The fraction of sp³-hybridized carbons (Fsp3) is 0.455. The Hall–Kier alpha value is -1.84. The van der Waals surface area contributed by atoms with Gasteiger partial charge in [-0.15, -0.1) is 6.58 Å². The van der Waals surface area contributed by atoms with E-state index in [1.165, 1.54) is 5.57 Å². The maximum Gasteiger partial charge on any atom is 0.118 e. The number of unbranched alkanes of at least 4 members (excludes halogenated alkanes) is 1. The lowest BCUT2D eigenvalue weighted by molar-refractivity contribution is 0.119. The van der Waals surface area contributed by atoms with Crippen LogP contribution in [-0.4, -0.2) is 24.9 Å². The number of aliphatic hydroxyl groups is 1. The van der Waals surface area contributed by atoms with Crippen LogP contribution in [0.2, 0.25) is 0 Å². The molecule has 0 radical (unpaired) electrons. The number of ether oxygens (including phenoxy) is 2. The summed E-state index contributed by atoms with van der Waals surface area (Å²) in [5, 5.41) is 9.66. The van der Waals surface area contributed by atoms with E-state index in [1.54, 1.807) is 13.2 Å². The van der Waals surface area contributed by atoms with Crippen LogP contribution in [0, 0.1) is 0 Å². The second-order valence-electron chi connectivity index (χ2n) is 6.20. The summed E-state index contributed by atoms with van der Waals surface area (Å²) < 4.78 is 10.8. The van der Waals surface area contributed by atoms with Crippen molar-refractivity contribution in [3.63, 3.8) is 0 Å². The van der Waals surface area contributed by atoms with E-state index in [0.29, 0.717) is 13.0 Å². The fourth-order valence-corrected chi connectivity index (χ4v) is 2.33. The van der Waals surface area contributed by atoms with Gasteiger partial charge in [0.25, 0.3) is 0 Å². The molecule has 1 aromatic carbocycles. The second kappa shape index (κ2) is 13.5. The summed E-state index contributed by atoms with van der Waals surface area (Å²) in [4.78, 5) is 0. The van der Waals surface area contributed by atoms with Crippen molar-refractivity contribution in [3.8, 4) is 5.75 Å². The third-order valence-electron chi connectivity index (χ3n) is 3.91. The maximum absolute atomic E-state index is 9.66. The predicted molar refractivity (Wildman–Crippen MR) is 105 cm³/mol. The van der Waals surface area contributed by atoms with Gasteiger partial charge in [0, 0.05) is 6.61 Å². The molecule has 1 aromatic rings. The van der Waals surface area contributed by atoms with E-state index < -0.39 is 0 Å². The summed E-state index contributed by atoms with van der Waals surface area (Å²) in [5.41, 5.74) is 2.45. The van der Waals surface area contributed by atoms with Crippen LogP contribution in [0.1, 0.15) is 44.6 Å². The number of aliphatic hydroxyl groups excluding tert-OH is 1. The predicted octanol–water partition coefficient (Wildman–Crippen LogP) is 5.21. The zero-order valence-electron chi connectivity index (χ0n) is 15.6. The highest BCUT2D eigenvalue weighted by Gasteiger charge is 2.00. The summed E-state index contributed by atoms with van der Waals surface area (Å²) in [7, 11) is 1.67. The molecule has 0 aliphatic carbocycles. The fourth-order valence-electron chi connectivity index (χ4n) is 2.33. The highest BCUT2D eigenvalue weighted by molar-refractivity contribution is 5.26. The van der Waals surface area contributed by atoms with Crippen LogP contribution in [0.25, 0.3) is 0 Å². The third-order valence-corrected chi connectivity index (χ3v) is 3.91.